The van der Waals surface area contributed by atoms with Crippen molar-refractivity contribution in [2.75, 3.05) is 18.5 Å². The number of hydrogen-bond donors (Lipinski definition) is 2. The maximum atomic E-state index is 12.6. The first-order chi connectivity index (χ1) is 11.6. The Morgan fingerprint density at radius 1 is 1.50 bits per heavy atom. The van der Waals surface area contributed by atoms with Gasteiger partial charge in [-0.1, -0.05) is 24.2 Å². The first-order valence-electron chi connectivity index (χ1n) is 8.17. The lowest BCUT2D eigenvalue weighted by molar-refractivity contribution is 0.0811. The normalized spacial score (nSPS) is 20.9. The Kier molecular flexibility index (Phi) is 4.80. The first kappa shape index (κ1) is 16.4. The van der Waals surface area contributed by atoms with E-state index in [9.17, 15) is 9.90 Å². The molecule has 2 atom stereocenters. The molecule has 0 spiro atoms. The monoisotopic (exact) mass is 330 g/mol. The van der Waals surface area contributed by atoms with Crippen LogP contribution >= 0.6 is 0 Å². The minimum Gasteiger partial charge on any atom is -0.394 e. The molecule has 128 valence electrons. The molecule has 1 saturated heterocycles. The highest BCUT2D eigenvalue weighted by atomic mass is 16.5. The molecule has 2 N–H and O–H groups in total. The number of anilines is 1. The number of urea groups is 1. The second kappa shape index (κ2) is 7.00. The Morgan fingerprint density at radius 2 is 2.33 bits per heavy atom. The van der Waals surface area contributed by atoms with Gasteiger partial charge in [0.05, 0.1) is 12.6 Å². The summed E-state index contributed by atoms with van der Waals surface area (Å²) in [5.41, 5.74) is 1.44. The lowest BCUT2D eigenvalue weighted by Crippen LogP contribution is -2.51. The van der Waals surface area contributed by atoms with Gasteiger partial charge in [0.25, 0.3) is 0 Å². The molecule has 1 aromatic carbocycles. The van der Waals surface area contributed by atoms with Crippen molar-refractivity contribution in [3.05, 3.63) is 30.2 Å². The number of aliphatic hydroxyl groups is 1. The number of carbonyl (C=O) groups excluding carboxylic acids is 1. The second-order valence-electron chi connectivity index (χ2n) is 6.21. The molecule has 2 amide bonds. The number of rotatable bonds is 3. The summed E-state index contributed by atoms with van der Waals surface area (Å²) in [6.45, 7) is 4.44. The molecule has 1 aromatic heterocycles. The number of likely N-dealkylation sites (tertiary alicyclic amines) is 1. The Hall–Kier alpha value is -2.41. The molecule has 1 fully saturated rings. The number of amides is 2. The van der Waals surface area contributed by atoms with Gasteiger partial charge in [0.2, 0.25) is 11.7 Å². The van der Waals surface area contributed by atoms with Crippen LogP contribution in [0.3, 0.4) is 0 Å². The number of nitrogens with zero attached hydrogens (tertiary/aromatic N) is 3. The summed E-state index contributed by atoms with van der Waals surface area (Å²) < 4.78 is 4.99. The number of piperidine rings is 1. The van der Waals surface area contributed by atoms with Crippen molar-refractivity contribution in [2.45, 2.75) is 32.7 Å². The Bertz CT molecular complexity index is 715. The highest BCUT2D eigenvalue weighted by molar-refractivity contribution is 5.90. The first-order valence-corrected chi connectivity index (χ1v) is 8.17. The molecule has 2 heterocycles. The third kappa shape index (κ3) is 3.41. The van der Waals surface area contributed by atoms with Crippen LogP contribution in [0.4, 0.5) is 10.5 Å². The summed E-state index contributed by atoms with van der Waals surface area (Å²) in [7, 11) is 0. The van der Waals surface area contributed by atoms with Crippen molar-refractivity contribution in [1.82, 2.24) is 15.0 Å². The van der Waals surface area contributed by atoms with Crippen LogP contribution in [-0.4, -0.2) is 45.4 Å². The molecule has 1 aliphatic heterocycles. The topological polar surface area (TPSA) is 91.5 Å². The predicted molar refractivity (Wildman–Crippen MR) is 89.5 cm³/mol. The fraction of sp³-hybridized carbons (Fsp3) is 0.471. The van der Waals surface area contributed by atoms with Gasteiger partial charge in [-0.05, 0) is 30.9 Å². The summed E-state index contributed by atoms with van der Waals surface area (Å²) in [6.07, 6.45) is 1.98. The quantitative estimate of drug-likeness (QED) is 0.903. The van der Waals surface area contributed by atoms with Crippen molar-refractivity contribution in [3.63, 3.8) is 0 Å². The second-order valence-corrected chi connectivity index (χ2v) is 6.21. The zero-order valence-corrected chi connectivity index (χ0v) is 13.9. The van der Waals surface area contributed by atoms with Gasteiger partial charge in [0, 0.05) is 24.7 Å². The van der Waals surface area contributed by atoms with Crippen molar-refractivity contribution >= 4 is 11.7 Å². The molecule has 1 aliphatic rings. The van der Waals surface area contributed by atoms with Gasteiger partial charge in [0.1, 0.15) is 0 Å². The highest BCUT2D eigenvalue weighted by Crippen LogP contribution is 2.25. The number of carbonyl (C=O) groups is 1. The molecule has 2 aromatic rings. The molecule has 0 radical (unpaired) electrons. The summed E-state index contributed by atoms with van der Waals surface area (Å²) in [5.74, 6) is 1.28. The minimum absolute atomic E-state index is 0.0171. The lowest BCUT2D eigenvalue weighted by Gasteiger charge is -2.38. The summed E-state index contributed by atoms with van der Waals surface area (Å²) in [5, 5.41) is 16.4. The number of benzene rings is 1. The molecule has 2 unspecified atom stereocenters. The minimum atomic E-state index is -0.193. The summed E-state index contributed by atoms with van der Waals surface area (Å²) in [4.78, 5) is 18.5. The van der Waals surface area contributed by atoms with Gasteiger partial charge in [-0.15, -0.1) is 0 Å². The van der Waals surface area contributed by atoms with Gasteiger partial charge in [0.15, 0.2) is 0 Å². The van der Waals surface area contributed by atoms with Crippen LogP contribution in [0.2, 0.25) is 0 Å². The smallest absolute Gasteiger partial charge is 0.322 e. The van der Waals surface area contributed by atoms with Gasteiger partial charge >= 0.3 is 6.03 Å². The number of aryl methyl sites for hydroxylation is 1. The number of aromatic nitrogens is 2. The van der Waals surface area contributed by atoms with E-state index in [1.807, 2.05) is 24.3 Å². The van der Waals surface area contributed by atoms with E-state index in [1.165, 1.54) is 0 Å². The van der Waals surface area contributed by atoms with Crippen molar-refractivity contribution in [1.29, 1.82) is 0 Å². The molecule has 0 aliphatic carbocycles. The van der Waals surface area contributed by atoms with Crippen LogP contribution in [0.15, 0.2) is 28.8 Å². The van der Waals surface area contributed by atoms with Crippen LogP contribution in [0.1, 0.15) is 25.7 Å². The average Bonchev–Trinajstić information content (AvgIpc) is 3.01. The number of nitrogens with one attached hydrogen (secondary N) is 1. The number of aliphatic hydroxyl groups excluding tert-OH is 1. The number of hydrogen-bond acceptors (Lipinski definition) is 5. The van der Waals surface area contributed by atoms with Crippen molar-refractivity contribution < 1.29 is 14.4 Å². The summed E-state index contributed by atoms with van der Waals surface area (Å²) >= 11 is 0. The van der Waals surface area contributed by atoms with Gasteiger partial charge in [-0.25, -0.2) is 4.79 Å². The Labute approximate surface area is 140 Å². The SMILES string of the molecule is Cc1nc(-c2cccc(NC(=O)N3CCCC(C)C3CO)c2)no1. The maximum absolute atomic E-state index is 12.6. The maximum Gasteiger partial charge on any atom is 0.322 e. The third-order valence-corrected chi connectivity index (χ3v) is 4.46. The molecule has 0 bridgehead atoms. The van der Waals surface area contributed by atoms with E-state index in [2.05, 4.69) is 22.4 Å². The molecule has 0 saturated carbocycles. The molecule has 3 rings (SSSR count). The molecular formula is C17H22N4O3. The molecular weight excluding hydrogens is 308 g/mol. The van der Waals surface area contributed by atoms with Crippen LogP contribution in [-0.2, 0) is 0 Å². The van der Waals surface area contributed by atoms with Crippen molar-refractivity contribution in [3.8, 4) is 11.4 Å². The van der Waals surface area contributed by atoms with Crippen LogP contribution in [0.25, 0.3) is 11.4 Å². The fourth-order valence-electron chi connectivity index (χ4n) is 3.13. The van der Waals surface area contributed by atoms with Crippen LogP contribution in [0, 0.1) is 12.8 Å². The van der Waals surface area contributed by atoms with Crippen LogP contribution < -0.4 is 5.32 Å². The molecule has 7 heteroatoms. The lowest BCUT2D eigenvalue weighted by atomic mass is 9.91. The van der Waals surface area contributed by atoms with Gasteiger partial charge in [-0.3, -0.25) is 0 Å². The molecule has 7 nitrogen and oxygen atoms in total. The van der Waals surface area contributed by atoms with E-state index in [0.717, 1.165) is 18.4 Å². The van der Waals surface area contributed by atoms with Crippen LogP contribution in [0.5, 0.6) is 0 Å². The van der Waals surface area contributed by atoms with E-state index in [-0.39, 0.29) is 18.7 Å². The average molecular weight is 330 g/mol. The van der Waals surface area contributed by atoms with E-state index in [4.69, 9.17) is 4.52 Å². The predicted octanol–water partition coefficient (Wildman–Crippen LogP) is 2.67. The van der Waals surface area contributed by atoms with Gasteiger partial charge < -0.3 is 19.8 Å². The summed E-state index contributed by atoms with van der Waals surface area (Å²) in [6, 6.07) is 6.99. The molecule has 24 heavy (non-hydrogen) atoms. The van der Waals surface area contributed by atoms with Gasteiger partial charge in [-0.2, -0.15) is 4.98 Å². The zero-order chi connectivity index (χ0) is 17.1. The van der Waals surface area contributed by atoms with E-state index >= 15 is 0 Å². The van der Waals surface area contributed by atoms with E-state index in [1.54, 1.807) is 11.8 Å². The van der Waals surface area contributed by atoms with Crippen molar-refractivity contribution in [2.24, 2.45) is 5.92 Å². The highest BCUT2D eigenvalue weighted by Gasteiger charge is 2.31. The standard InChI is InChI=1S/C17H22N4O3/c1-11-5-4-8-21(15(11)10-22)17(23)19-14-7-3-6-13(9-14)16-18-12(2)24-20-16/h3,6-7,9,11,15,22H,4-5,8,10H2,1-2H3,(H,19,23). The zero-order valence-electron chi connectivity index (χ0n) is 13.9. The Balaban J connectivity index is 1.74. The largest absolute Gasteiger partial charge is 0.394 e. The third-order valence-electron chi connectivity index (χ3n) is 4.46. The fourth-order valence-corrected chi connectivity index (χ4v) is 3.13. The Morgan fingerprint density at radius 3 is 3.04 bits per heavy atom. The van der Waals surface area contributed by atoms with E-state index in [0.29, 0.717) is 29.9 Å². The van der Waals surface area contributed by atoms with E-state index < -0.39 is 0 Å².